The zero-order valence-corrected chi connectivity index (χ0v) is 23.5. The summed E-state index contributed by atoms with van der Waals surface area (Å²) in [6.45, 7) is 2.00. The second kappa shape index (κ2) is 11.3. The maximum atomic E-state index is 14.8. The lowest BCUT2D eigenvalue weighted by Crippen LogP contribution is -2.17. The Morgan fingerprint density at radius 1 is 1.00 bits per heavy atom. The van der Waals surface area contributed by atoms with Gasteiger partial charge in [0.05, 0.1) is 10.9 Å². The topological polar surface area (TPSA) is 146 Å². The molecule has 1 atom stereocenters. The Hall–Kier alpha value is -5.01. The Labute approximate surface area is 244 Å². The molecule has 0 radical (unpaired) electrons. The zero-order chi connectivity index (χ0) is 30.2. The summed E-state index contributed by atoms with van der Waals surface area (Å²) in [6, 6.07) is 16.1. The van der Waals surface area contributed by atoms with Crippen molar-refractivity contribution in [3.63, 3.8) is 0 Å². The Balaban J connectivity index is 1.52. The molecule has 10 nitrogen and oxygen atoms in total. The fraction of sp³-hybridized carbons (Fsp3) is 0.133. The molecule has 6 aromatic rings. The lowest BCUT2D eigenvalue weighted by molar-refractivity contribution is 0.445. The molecule has 43 heavy (non-hydrogen) atoms. The average molecular weight is 603 g/mol. The first-order valence-electron chi connectivity index (χ1n) is 13.2. The summed E-state index contributed by atoms with van der Waals surface area (Å²) in [5.74, 6) is -1.02. The highest BCUT2D eigenvalue weighted by atomic mass is 32.2. The monoisotopic (exact) mass is 602 g/mol. The molecule has 1 unspecified atom stereocenters. The standard InChI is InChI=1S/C30H24F2N6O4S/c1-16(28-23(19-4-2-5-20(31)14-19)27(39)24-21(32)6-3-7-22(24)42-28)38-30-25(29(33)34-15-35-30)26(37-38)18-10-8-17(9-11-18)12-13-36-43(40)41/h2-11,14-16,43H,12-13H2,1H3,(H2,33,34,35)(H,36,40,41). The number of hydrogen-bond donors (Lipinski definition) is 3. The van der Waals surface area contributed by atoms with E-state index in [2.05, 4.69) is 14.7 Å². The number of fused-ring (bicyclic) bond motifs is 2. The summed E-state index contributed by atoms with van der Waals surface area (Å²) >= 11 is 0. The SMILES string of the molecule is CC(c1oc2cccc(F)c2c(=O)c1-c1cccc(F)c1)n1nc(-c2ccc(CCN[SH](=O)=O)cc2)c2c(N)ncnc21. The van der Waals surface area contributed by atoms with Gasteiger partial charge in [0.1, 0.15) is 52.2 Å². The van der Waals surface area contributed by atoms with Gasteiger partial charge in [-0.3, -0.25) is 4.79 Å². The maximum Gasteiger partial charge on any atom is 0.203 e. The van der Waals surface area contributed by atoms with Crippen LogP contribution in [-0.2, 0) is 17.3 Å². The summed E-state index contributed by atoms with van der Waals surface area (Å²) in [4.78, 5) is 22.3. The molecule has 6 rings (SSSR count). The van der Waals surface area contributed by atoms with E-state index in [-0.39, 0.29) is 40.2 Å². The minimum absolute atomic E-state index is 0.00498. The van der Waals surface area contributed by atoms with Gasteiger partial charge in [-0.05, 0) is 48.7 Å². The lowest BCUT2D eigenvalue weighted by atomic mass is 9.99. The van der Waals surface area contributed by atoms with Crippen LogP contribution < -0.4 is 15.9 Å². The van der Waals surface area contributed by atoms with E-state index in [9.17, 15) is 22.0 Å². The number of rotatable bonds is 8. The first-order valence-corrected chi connectivity index (χ1v) is 14.4. The first-order chi connectivity index (χ1) is 20.7. The first kappa shape index (κ1) is 28.1. The van der Waals surface area contributed by atoms with E-state index < -0.39 is 34.0 Å². The van der Waals surface area contributed by atoms with E-state index in [4.69, 9.17) is 15.2 Å². The van der Waals surface area contributed by atoms with E-state index in [1.54, 1.807) is 13.0 Å². The van der Waals surface area contributed by atoms with Crippen molar-refractivity contribution < 1.29 is 21.6 Å². The largest absolute Gasteiger partial charge is 0.458 e. The van der Waals surface area contributed by atoms with Gasteiger partial charge < -0.3 is 10.2 Å². The number of anilines is 1. The third-order valence-corrected chi connectivity index (χ3v) is 7.64. The minimum Gasteiger partial charge on any atom is -0.458 e. The maximum absolute atomic E-state index is 14.8. The van der Waals surface area contributed by atoms with Crippen LogP contribution in [0.1, 0.15) is 24.3 Å². The molecule has 0 amide bonds. The summed E-state index contributed by atoms with van der Waals surface area (Å²) in [5.41, 5.74) is 8.31. The van der Waals surface area contributed by atoms with Crippen molar-refractivity contribution in [2.24, 2.45) is 0 Å². The normalized spacial score (nSPS) is 12.4. The molecule has 3 aromatic heterocycles. The van der Waals surface area contributed by atoms with Gasteiger partial charge >= 0.3 is 0 Å². The van der Waals surface area contributed by atoms with Crippen LogP contribution in [0.4, 0.5) is 14.6 Å². The molecule has 0 fully saturated rings. The van der Waals surface area contributed by atoms with Crippen LogP contribution in [0.15, 0.2) is 82.3 Å². The molecular formula is C30H24F2N6O4S. The quantitative estimate of drug-likeness (QED) is 0.218. The van der Waals surface area contributed by atoms with Gasteiger partial charge in [0.25, 0.3) is 0 Å². The van der Waals surface area contributed by atoms with Crippen LogP contribution in [0.25, 0.3) is 44.4 Å². The highest BCUT2D eigenvalue weighted by Crippen LogP contribution is 2.36. The van der Waals surface area contributed by atoms with Gasteiger partial charge in [-0.2, -0.15) is 5.10 Å². The number of benzene rings is 3. The molecule has 3 N–H and O–H groups in total. The Kier molecular flexibility index (Phi) is 7.42. The van der Waals surface area contributed by atoms with Crippen LogP contribution in [-0.4, -0.2) is 34.7 Å². The van der Waals surface area contributed by atoms with E-state index in [1.807, 2.05) is 24.3 Å². The van der Waals surface area contributed by atoms with Crippen molar-refractivity contribution in [3.05, 3.63) is 106 Å². The van der Waals surface area contributed by atoms with Gasteiger partial charge in [0.15, 0.2) is 5.65 Å². The molecule has 0 saturated heterocycles. The molecule has 0 bridgehead atoms. The van der Waals surface area contributed by atoms with Gasteiger partial charge in [-0.15, -0.1) is 0 Å². The fourth-order valence-electron chi connectivity index (χ4n) is 5.13. The smallest absolute Gasteiger partial charge is 0.203 e. The summed E-state index contributed by atoms with van der Waals surface area (Å²) < 4.78 is 60.8. The highest BCUT2D eigenvalue weighted by Gasteiger charge is 2.27. The number of nitrogen functional groups attached to an aromatic ring is 1. The molecular weight excluding hydrogens is 578 g/mol. The molecule has 0 spiro atoms. The molecule has 3 aromatic carbocycles. The van der Waals surface area contributed by atoms with Crippen LogP contribution in [0, 0.1) is 11.6 Å². The Morgan fingerprint density at radius 2 is 1.77 bits per heavy atom. The molecule has 13 heteroatoms. The molecule has 0 aliphatic heterocycles. The van der Waals surface area contributed by atoms with Crippen molar-refractivity contribution >= 4 is 38.7 Å². The molecule has 218 valence electrons. The summed E-state index contributed by atoms with van der Waals surface area (Å²) in [5, 5.41) is 5.05. The third kappa shape index (κ3) is 5.24. The van der Waals surface area contributed by atoms with E-state index in [0.29, 0.717) is 28.7 Å². The second-order valence-corrected chi connectivity index (χ2v) is 10.7. The summed E-state index contributed by atoms with van der Waals surface area (Å²) in [7, 11) is -2.67. The molecule has 0 saturated carbocycles. The molecule has 0 aliphatic carbocycles. The molecule has 0 aliphatic rings. The number of hydrogen-bond acceptors (Lipinski definition) is 8. The van der Waals surface area contributed by atoms with Gasteiger partial charge in [-0.25, -0.2) is 36.6 Å². The Bertz CT molecular complexity index is 2140. The highest BCUT2D eigenvalue weighted by molar-refractivity contribution is 7.70. The van der Waals surface area contributed by atoms with Crippen molar-refractivity contribution in [3.8, 4) is 22.4 Å². The van der Waals surface area contributed by atoms with E-state index in [0.717, 1.165) is 11.6 Å². The number of aromatic nitrogens is 4. The predicted octanol–water partition coefficient (Wildman–Crippen LogP) is 4.39. The van der Waals surface area contributed by atoms with Crippen molar-refractivity contribution in [2.45, 2.75) is 19.4 Å². The fourth-order valence-corrected chi connectivity index (χ4v) is 5.42. The third-order valence-electron chi connectivity index (χ3n) is 7.16. The second-order valence-electron chi connectivity index (χ2n) is 9.83. The van der Waals surface area contributed by atoms with Crippen molar-refractivity contribution in [1.29, 1.82) is 0 Å². The number of nitrogens with one attached hydrogen (secondary N) is 1. The van der Waals surface area contributed by atoms with Crippen LogP contribution in [0.5, 0.6) is 0 Å². The van der Waals surface area contributed by atoms with Crippen molar-refractivity contribution in [2.75, 3.05) is 12.3 Å². The predicted molar refractivity (Wildman–Crippen MR) is 159 cm³/mol. The van der Waals surface area contributed by atoms with Crippen molar-refractivity contribution in [1.82, 2.24) is 24.5 Å². The zero-order valence-electron chi connectivity index (χ0n) is 22.6. The Morgan fingerprint density at radius 3 is 2.51 bits per heavy atom. The van der Waals surface area contributed by atoms with Gasteiger partial charge in [0, 0.05) is 12.1 Å². The van der Waals surface area contributed by atoms with E-state index >= 15 is 0 Å². The minimum atomic E-state index is -2.67. The van der Waals surface area contributed by atoms with Crippen LogP contribution >= 0.6 is 0 Å². The number of nitrogens with two attached hydrogens (primary N) is 1. The van der Waals surface area contributed by atoms with Gasteiger partial charge in [-0.1, -0.05) is 42.5 Å². The number of nitrogens with zero attached hydrogens (tertiary/aromatic N) is 4. The number of halogens is 2. The van der Waals surface area contributed by atoms with Crippen LogP contribution in [0.3, 0.4) is 0 Å². The van der Waals surface area contributed by atoms with Gasteiger partial charge in [0.2, 0.25) is 16.3 Å². The summed E-state index contributed by atoms with van der Waals surface area (Å²) in [6.07, 6.45) is 1.79. The lowest BCUT2D eigenvalue weighted by Gasteiger charge is -2.17. The molecule has 3 heterocycles. The van der Waals surface area contributed by atoms with Crippen LogP contribution in [0.2, 0.25) is 0 Å². The van der Waals surface area contributed by atoms with E-state index in [1.165, 1.54) is 41.3 Å². The number of thiol groups is 1. The average Bonchev–Trinajstić information content (AvgIpc) is 3.38.